The van der Waals surface area contributed by atoms with Crippen LogP contribution in [-0.4, -0.2) is 49.3 Å². The average molecular weight is 394 g/mol. The van der Waals surface area contributed by atoms with Crippen LogP contribution in [0.5, 0.6) is 5.75 Å². The van der Waals surface area contributed by atoms with Crippen LogP contribution in [0.3, 0.4) is 0 Å². The van der Waals surface area contributed by atoms with Crippen LogP contribution in [0.1, 0.15) is 11.1 Å². The molecule has 1 fully saturated rings. The lowest BCUT2D eigenvalue weighted by Crippen LogP contribution is -2.48. The number of aryl methyl sites for hydroxylation is 1. The normalized spacial score (nSPS) is 18.6. The van der Waals surface area contributed by atoms with Crippen molar-refractivity contribution in [2.24, 2.45) is 4.99 Å². The van der Waals surface area contributed by atoms with Crippen molar-refractivity contribution in [1.82, 2.24) is 4.90 Å². The van der Waals surface area contributed by atoms with Crippen molar-refractivity contribution < 1.29 is 9.53 Å². The monoisotopic (exact) mass is 393 g/mol. The lowest BCUT2D eigenvalue weighted by Gasteiger charge is -2.37. The Morgan fingerprint density at radius 2 is 1.68 bits per heavy atom. The molecule has 2 aliphatic rings. The summed E-state index contributed by atoms with van der Waals surface area (Å²) in [5.41, 5.74) is 3.47. The van der Waals surface area contributed by atoms with E-state index in [0.29, 0.717) is 4.91 Å². The summed E-state index contributed by atoms with van der Waals surface area (Å²) in [6.07, 6.45) is 1.87. The highest BCUT2D eigenvalue weighted by Gasteiger charge is 2.29. The molecular formula is C22H23N3O2S. The Kier molecular flexibility index (Phi) is 5.39. The van der Waals surface area contributed by atoms with E-state index in [0.717, 1.165) is 42.7 Å². The van der Waals surface area contributed by atoms with Crippen molar-refractivity contribution in [3.63, 3.8) is 0 Å². The molecule has 1 saturated heterocycles. The van der Waals surface area contributed by atoms with Crippen LogP contribution in [0.25, 0.3) is 6.08 Å². The third-order valence-electron chi connectivity index (χ3n) is 5.04. The third kappa shape index (κ3) is 3.78. The molecular weight excluding hydrogens is 370 g/mol. The molecule has 4 rings (SSSR count). The number of aliphatic imine (C=N–C) groups is 1. The molecule has 0 radical (unpaired) electrons. The first-order chi connectivity index (χ1) is 13.7. The molecule has 0 aromatic heterocycles. The Balaban J connectivity index is 1.43. The highest BCUT2D eigenvalue weighted by molar-refractivity contribution is 8.18. The number of nitrogens with zero attached hydrogens (tertiary/aromatic N) is 3. The van der Waals surface area contributed by atoms with Gasteiger partial charge in [0.15, 0.2) is 5.17 Å². The minimum Gasteiger partial charge on any atom is -0.496 e. The van der Waals surface area contributed by atoms with Gasteiger partial charge >= 0.3 is 0 Å². The van der Waals surface area contributed by atoms with E-state index in [2.05, 4.69) is 46.0 Å². The molecule has 0 N–H and O–H groups in total. The summed E-state index contributed by atoms with van der Waals surface area (Å²) in [7, 11) is 1.64. The fourth-order valence-electron chi connectivity index (χ4n) is 3.52. The van der Waals surface area contributed by atoms with Crippen LogP contribution >= 0.6 is 11.8 Å². The molecule has 1 amide bonds. The van der Waals surface area contributed by atoms with E-state index in [4.69, 9.17) is 4.74 Å². The van der Waals surface area contributed by atoms with Crippen molar-refractivity contribution in [1.29, 1.82) is 0 Å². The second kappa shape index (κ2) is 8.10. The van der Waals surface area contributed by atoms with Crippen molar-refractivity contribution in [3.05, 3.63) is 64.6 Å². The molecule has 2 heterocycles. The van der Waals surface area contributed by atoms with Crippen LogP contribution in [-0.2, 0) is 4.79 Å². The van der Waals surface area contributed by atoms with E-state index in [1.807, 2.05) is 30.3 Å². The van der Waals surface area contributed by atoms with Crippen LogP contribution < -0.4 is 9.64 Å². The van der Waals surface area contributed by atoms with Crippen LogP contribution in [0, 0.1) is 6.92 Å². The van der Waals surface area contributed by atoms with Gasteiger partial charge in [-0.3, -0.25) is 4.79 Å². The number of carbonyl (C=O) groups is 1. The molecule has 0 bridgehead atoms. The van der Waals surface area contributed by atoms with Crippen molar-refractivity contribution in [2.45, 2.75) is 6.92 Å². The molecule has 5 nitrogen and oxygen atoms in total. The smallest absolute Gasteiger partial charge is 0.286 e. The number of rotatable bonds is 3. The van der Waals surface area contributed by atoms with Gasteiger partial charge < -0.3 is 14.5 Å². The number of hydrogen-bond donors (Lipinski definition) is 0. The number of ether oxygens (including phenoxy) is 1. The van der Waals surface area contributed by atoms with Crippen molar-refractivity contribution in [3.8, 4) is 5.75 Å². The molecule has 0 saturated carbocycles. The van der Waals surface area contributed by atoms with Gasteiger partial charge in [-0.05, 0) is 42.5 Å². The quantitative estimate of drug-likeness (QED) is 0.743. The molecule has 2 aromatic carbocycles. The number of hydrogen-bond acceptors (Lipinski definition) is 5. The fourth-order valence-corrected chi connectivity index (χ4v) is 4.47. The predicted molar refractivity (Wildman–Crippen MR) is 116 cm³/mol. The fraction of sp³-hybridized carbons (Fsp3) is 0.273. The number of carbonyl (C=O) groups excluding carboxylic acids is 1. The second-order valence-corrected chi connectivity index (χ2v) is 7.82. The van der Waals surface area contributed by atoms with Crippen LogP contribution in [0.2, 0.25) is 0 Å². The number of piperazine rings is 1. The van der Waals surface area contributed by atoms with Crippen molar-refractivity contribution in [2.75, 3.05) is 38.2 Å². The Morgan fingerprint density at radius 3 is 2.43 bits per heavy atom. The first-order valence-electron chi connectivity index (χ1n) is 9.37. The van der Waals surface area contributed by atoms with E-state index in [-0.39, 0.29) is 5.91 Å². The summed E-state index contributed by atoms with van der Waals surface area (Å²) in [5.74, 6) is 0.580. The number of amides is 1. The molecule has 2 aromatic rings. The number of amidine groups is 1. The maximum Gasteiger partial charge on any atom is 0.286 e. The summed E-state index contributed by atoms with van der Waals surface area (Å²) in [6.45, 7) is 5.70. The van der Waals surface area contributed by atoms with Gasteiger partial charge in [-0.15, -0.1) is 0 Å². The van der Waals surface area contributed by atoms with Gasteiger partial charge in [0.1, 0.15) is 5.75 Å². The summed E-state index contributed by atoms with van der Waals surface area (Å²) in [6, 6.07) is 16.2. The molecule has 144 valence electrons. The largest absolute Gasteiger partial charge is 0.496 e. The molecule has 28 heavy (non-hydrogen) atoms. The molecule has 0 aliphatic carbocycles. The molecule has 6 heteroatoms. The average Bonchev–Trinajstić information content (AvgIpc) is 3.09. The Bertz CT molecular complexity index is 946. The first-order valence-corrected chi connectivity index (χ1v) is 10.2. The molecule has 0 spiro atoms. The minimum absolute atomic E-state index is 0.174. The Labute approximate surface area is 169 Å². The number of para-hydroxylation sites is 2. The highest BCUT2D eigenvalue weighted by Crippen LogP contribution is 2.33. The maximum atomic E-state index is 12.4. The maximum absolute atomic E-state index is 12.4. The highest BCUT2D eigenvalue weighted by atomic mass is 32.2. The number of benzene rings is 2. The van der Waals surface area contributed by atoms with E-state index in [1.165, 1.54) is 23.0 Å². The zero-order chi connectivity index (χ0) is 19.5. The van der Waals surface area contributed by atoms with Gasteiger partial charge in [0.05, 0.1) is 12.0 Å². The minimum atomic E-state index is -0.174. The van der Waals surface area contributed by atoms with Gasteiger partial charge in [0, 0.05) is 37.4 Å². The SMILES string of the molecule is COc1ccccc1C=C1SC(N2CCN(c3ccccc3C)CC2)=NC1=O. The van der Waals surface area contributed by atoms with Gasteiger partial charge in [0.2, 0.25) is 0 Å². The van der Waals surface area contributed by atoms with Crippen molar-refractivity contribution >= 4 is 34.6 Å². The third-order valence-corrected chi connectivity index (χ3v) is 6.09. The summed E-state index contributed by atoms with van der Waals surface area (Å²) in [5, 5.41) is 0.801. The van der Waals surface area contributed by atoms with E-state index in [1.54, 1.807) is 7.11 Å². The second-order valence-electron chi connectivity index (χ2n) is 6.81. The Hall–Kier alpha value is -2.73. The van der Waals surface area contributed by atoms with Crippen LogP contribution in [0.4, 0.5) is 5.69 Å². The van der Waals surface area contributed by atoms with Gasteiger partial charge in [0.25, 0.3) is 5.91 Å². The summed E-state index contributed by atoms with van der Waals surface area (Å²) in [4.78, 5) is 22.0. The topological polar surface area (TPSA) is 45.1 Å². The zero-order valence-corrected chi connectivity index (χ0v) is 16.9. The zero-order valence-electron chi connectivity index (χ0n) is 16.1. The number of methoxy groups -OCH3 is 1. The number of thioether (sulfide) groups is 1. The van der Waals surface area contributed by atoms with E-state index >= 15 is 0 Å². The lowest BCUT2D eigenvalue weighted by atomic mass is 10.1. The van der Waals surface area contributed by atoms with Gasteiger partial charge in [-0.1, -0.05) is 36.4 Å². The van der Waals surface area contributed by atoms with E-state index < -0.39 is 0 Å². The van der Waals surface area contributed by atoms with Gasteiger partial charge in [-0.25, -0.2) is 0 Å². The van der Waals surface area contributed by atoms with Crippen LogP contribution in [0.15, 0.2) is 58.4 Å². The number of anilines is 1. The van der Waals surface area contributed by atoms with Gasteiger partial charge in [-0.2, -0.15) is 4.99 Å². The first kappa shape index (κ1) is 18.6. The van der Waals surface area contributed by atoms with E-state index in [9.17, 15) is 4.79 Å². The lowest BCUT2D eigenvalue weighted by molar-refractivity contribution is -0.113. The summed E-state index contributed by atoms with van der Waals surface area (Å²) >= 11 is 1.45. The summed E-state index contributed by atoms with van der Waals surface area (Å²) < 4.78 is 5.38. The Morgan fingerprint density at radius 1 is 1.00 bits per heavy atom. The predicted octanol–water partition coefficient (Wildman–Crippen LogP) is 3.80. The molecule has 0 unspecified atom stereocenters. The standard InChI is InChI=1S/C22H23N3O2S/c1-16-7-3-5-9-18(16)24-11-13-25(14-12-24)22-23-21(26)20(28-22)15-17-8-4-6-10-19(17)27-2/h3-10,15H,11-14H2,1-2H3. The molecule has 2 aliphatic heterocycles. The molecule has 0 atom stereocenters.